The number of nitrogens with one attached hydrogen (secondary N) is 3. The minimum Gasteiger partial charge on any atom is -0.457 e. The van der Waals surface area contributed by atoms with E-state index in [9.17, 15) is 14.7 Å². The Morgan fingerprint density at radius 2 is 1.73 bits per heavy atom. The van der Waals surface area contributed by atoms with E-state index in [0.717, 1.165) is 17.1 Å². The van der Waals surface area contributed by atoms with Crippen molar-refractivity contribution in [2.24, 2.45) is 0 Å². The zero-order chi connectivity index (χ0) is 23.6. The lowest BCUT2D eigenvalue weighted by molar-refractivity contribution is -0.125. The molecular weight excluding hydrogens is 422 g/mol. The van der Waals surface area contributed by atoms with Crippen molar-refractivity contribution in [3.05, 3.63) is 72.3 Å². The number of benzene rings is 2. The molecule has 1 aliphatic heterocycles. The Balaban J connectivity index is 1.44. The van der Waals surface area contributed by atoms with E-state index in [2.05, 4.69) is 16.0 Å². The van der Waals surface area contributed by atoms with E-state index in [1.165, 1.54) is 0 Å². The first-order chi connectivity index (χ1) is 15.9. The van der Waals surface area contributed by atoms with Gasteiger partial charge in [0.05, 0.1) is 25.2 Å². The SMILES string of the molecule is CC(C)NC(=O)N[C@@H]1C=C[C@@H](CC(=O)NCc2ccc(Oc3ccccc3)cc2)O[C@H]1CO. The van der Waals surface area contributed by atoms with Gasteiger partial charge < -0.3 is 30.5 Å². The molecule has 33 heavy (non-hydrogen) atoms. The zero-order valence-corrected chi connectivity index (χ0v) is 18.9. The van der Waals surface area contributed by atoms with Gasteiger partial charge in [0.2, 0.25) is 5.91 Å². The normalized spacial score (nSPS) is 19.7. The third kappa shape index (κ3) is 7.93. The van der Waals surface area contributed by atoms with Crippen molar-refractivity contribution in [3.8, 4) is 11.5 Å². The third-order valence-corrected chi connectivity index (χ3v) is 4.96. The fourth-order valence-electron chi connectivity index (χ4n) is 3.35. The predicted molar refractivity (Wildman–Crippen MR) is 125 cm³/mol. The van der Waals surface area contributed by atoms with Crippen LogP contribution in [0.25, 0.3) is 0 Å². The number of urea groups is 1. The minimum absolute atomic E-state index is 0.00454. The van der Waals surface area contributed by atoms with E-state index in [4.69, 9.17) is 9.47 Å². The smallest absolute Gasteiger partial charge is 0.315 e. The van der Waals surface area contributed by atoms with Gasteiger partial charge in [-0.05, 0) is 43.7 Å². The first kappa shape index (κ1) is 24.3. The number of amides is 3. The summed E-state index contributed by atoms with van der Waals surface area (Å²) in [6, 6.07) is 16.2. The van der Waals surface area contributed by atoms with Crippen LogP contribution in [0.1, 0.15) is 25.8 Å². The standard InChI is InChI=1S/C25H31N3O5/c1-17(2)27-25(31)28-22-13-12-21(33-23(22)16-29)14-24(30)26-15-18-8-10-20(11-9-18)32-19-6-4-3-5-7-19/h3-13,17,21-23,29H,14-16H2,1-2H3,(H,26,30)(H2,27,28,31)/t21-,22+,23-/m0/s1. The second-order valence-electron chi connectivity index (χ2n) is 8.12. The van der Waals surface area contributed by atoms with Crippen molar-refractivity contribution in [1.29, 1.82) is 0 Å². The fraction of sp³-hybridized carbons (Fsp3) is 0.360. The van der Waals surface area contributed by atoms with Crippen LogP contribution in [0.15, 0.2) is 66.7 Å². The average Bonchev–Trinajstić information content (AvgIpc) is 2.80. The Hall–Kier alpha value is -3.36. The molecule has 1 aliphatic rings. The average molecular weight is 454 g/mol. The first-order valence-corrected chi connectivity index (χ1v) is 11.0. The van der Waals surface area contributed by atoms with Gasteiger partial charge in [-0.25, -0.2) is 4.79 Å². The summed E-state index contributed by atoms with van der Waals surface area (Å²) in [7, 11) is 0. The Labute approximate surface area is 194 Å². The molecule has 0 unspecified atom stereocenters. The quantitative estimate of drug-likeness (QED) is 0.437. The van der Waals surface area contributed by atoms with Crippen LogP contribution in [0, 0.1) is 0 Å². The van der Waals surface area contributed by atoms with Gasteiger partial charge in [0, 0.05) is 12.6 Å². The van der Waals surface area contributed by atoms with Crippen LogP contribution in [0.2, 0.25) is 0 Å². The summed E-state index contributed by atoms with van der Waals surface area (Å²) < 4.78 is 11.6. The number of aliphatic hydroxyl groups is 1. The van der Waals surface area contributed by atoms with Gasteiger partial charge in [0.1, 0.15) is 17.6 Å². The maximum absolute atomic E-state index is 12.4. The molecule has 2 aromatic carbocycles. The van der Waals surface area contributed by atoms with E-state index < -0.39 is 18.2 Å². The molecule has 8 nitrogen and oxygen atoms in total. The molecule has 3 rings (SSSR count). The molecule has 0 fully saturated rings. The van der Waals surface area contributed by atoms with Crippen LogP contribution < -0.4 is 20.7 Å². The highest BCUT2D eigenvalue weighted by atomic mass is 16.5. The van der Waals surface area contributed by atoms with Gasteiger partial charge in [-0.3, -0.25) is 4.79 Å². The van der Waals surface area contributed by atoms with Crippen molar-refractivity contribution in [2.45, 2.75) is 51.1 Å². The Morgan fingerprint density at radius 1 is 1.03 bits per heavy atom. The topological polar surface area (TPSA) is 109 Å². The largest absolute Gasteiger partial charge is 0.457 e. The van der Waals surface area contributed by atoms with Gasteiger partial charge in [-0.1, -0.05) is 42.5 Å². The number of carbonyl (C=O) groups excluding carboxylic acids is 2. The monoisotopic (exact) mass is 453 g/mol. The number of rotatable bonds is 9. The van der Waals surface area contributed by atoms with E-state index in [-0.39, 0.29) is 31.0 Å². The summed E-state index contributed by atoms with van der Waals surface area (Å²) in [4.78, 5) is 24.3. The van der Waals surface area contributed by atoms with Crippen molar-refractivity contribution < 1.29 is 24.2 Å². The summed E-state index contributed by atoms with van der Waals surface area (Å²) in [5.74, 6) is 1.31. The van der Waals surface area contributed by atoms with Crippen molar-refractivity contribution in [2.75, 3.05) is 6.61 Å². The first-order valence-electron chi connectivity index (χ1n) is 11.0. The summed E-state index contributed by atoms with van der Waals surface area (Å²) in [5.41, 5.74) is 0.942. The van der Waals surface area contributed by atoms with E-state index in [1.807, 2.05) is 68.4 Å². The minimum atomic E-state index is -0.622. The summed E-state index contributed by atoms with van der Waals surface area (Å²) in [6.45, 7) is 3.83. The maximum atomic E-state index is 12.4. The molecule has 8 heteroatoms. The molecule has 0 saturated carbocycles. The highest BCUT2D eigenvalue weighted by Gasteiger charge is 2.29. The molecule has 3 atom stereocenters. The second-order valence-corrected chi connectivity index (χ2v) is 8.12. The summed E-state index contributed by atoms with van der Waals surface area (Å²) >= 11 is 0. The van der Waals surface area contributed by atoms with Gasteiger partial charge in [0.15, 0.2) is 0 Å². The van der Waals surface area contributed by atoms with Crippen LogP contribution in [0.5, 0.6) is 11.5 Å². The molecule has 0 aliphatic carbocycles. The molecule has 4 N–H and O–H groups in total. The lowest BCUT2D eigenvalue weighted by Gasteiger charge is -2.31. The van der Waals surface area contributed by atoms with Gasteiger partial charge in [-0.15, -0.1) is 0 Å². The van der Waals surface area contributed by atoms with Gasteiger partial charge in [-0.2, -0.15) is 0 Å². The summed E-state index contributed by atoms with van der Waals surface area (Å²) in [5, 5.41) is 18.0. The van der Waals surface area contributed by atoms with Crippen LogP contribution >= 0.6 is 0 Å². The number of carbonyl (C=O) groups is 2. The number of para-hydroxylation sites is 1. The molecule has 0 radical (unpaired) electrons. The fourth-order valence-corrected chi connectivity index (χ4v) is 3.35. The molecule has 1 heterocycles. The van der Waals surface area contributed by atoms with E-state index in [0.29, 0.717) is 6.54 Å². The molecule has 3 amide bonds. The number of aliphatic hydroxyl groups excluding tert-OH is 1. The maximum Gasteiger partial charge on any atom is 0.315 e. The number of hydrogen-bond acceptors (Lipinski definition) is 5. The molecule has 0 aromatic heterocycles. The lowest BCUT2D eigenvalue weighted by atomic mass is 10.0. The highest BCUT2D eigenvalue weighted by molar-refractivity contribution is 5.77. The van der Waals surface area contributed by atoms with Crippen LogP contribution in [-0.2, 0) is 16.1 Å². The van der Waals surface area contributed by atoms with Gasteiger partial charge >= 0.3 is 6.03 Å². The molecule has 0 spiro atoms. The van der Waals surface area contributed by atoms with Crippen molar-refractivity contribution >= 4 is 11.9 Å². The van der Waals surface area contributed by atoms with Crippen LogP contribution in [-0.4, -0.2) is 47.9 Å². The van der Waals surface area contributed by atoms with Crippen molar-refractivity contribution in [3.63, 3.8) is 0 Å². The van der Waals surface area contributed by atoms with E-state index in [1.54, 1.807) is 12.2 Å². The molecule has 176 valence electrons. The second kappa shape index (κ2) is 12.0. The van der Waals surface area contributed by atoms with Crippen molar-refractivity contribution in [1.82, 2.24) is 16.0 Å². The number of hydrogen-bond donors (Lipinski definition) is 4. The molecular formula is C25H31N3O5. The zero-order valence-electron chi connectivity index (χ0n) is 18.9. The molecule has 2 aromatic rings. The predicted octanol–water partition coefficient (Wildman–Crippen LogP) is 2.88. The molecule has 0 bridgehead atoms. The Bertz CT molecular complexity index is 931. The van der Waals surface area contributed by atoms with Crippen LogP contribution in [0.3, 0.4) is 0 Å². The van der Waals surface area contributed by atoms with Crippen LogP contribution in [0.4, 0.5) is 4.79 Å². The van der Waals surface area contributed by atoms with Gasteiger partial charge in [0.25, 0.3) is 0 Å². The lowest BCUT2D eigenvalue weighted by Crippen LogP contribution is -2.52. The van der Waals surface area contributed by atoms with E-state index >= 15 is 0 Å². The number of ether oxygens (including phenoxy) is 2. The molecule has 0 saturated heterocycles. The Morgan fingerprint density at radius 3 is 2.39 bits per heavy atom. The highest BCUT2D eigenvalue weighted by Crippen LogP contribution is 2.21. The summed E-state index contributed by atoms with van der Waals surface area (Å²) in [6.07, 6.45) is 2.51. The third-order valence-electron chi connectivity index (χ3n) is 4.96. The Kier molecular flexibility index (Phi) is 8.86.